The van der Waals surface area contributed by atoms with Crippen LogP contribution < -0.4 is 0 Å². The number of ether oxygens (including phenoxy) is 1. The average molecular weight is 463 g/mol. The van der Waals surface area contributed by atoms with Crippen LogP contribution in [0, 0.1) is 11.8 Å². The van der Waals surface area contributed by atoms with Gasteiger partial charge < -0.3 is 9.64 Å². The van der Waals surface area contributed by atoms with Gasteiger partial charge in [-0.15, -0.1) is 0 Å². The molecule has 7 heteroatoms. The zero-order valence-corrected chi connectivity index (χ0v) is 19.2. The van der Waals surface area contributed by atoms with E-state index in [0.29, 0.717) is 32.4 Å². The Morgan fingerprint density at radius 3 is 2.00 bits per heavy atom. The molecule has 0 N–H and O–H groups in total. The van der Waals surface area contributed by atoms with Crippen molar-refractivity contribution in [1.82, 2.24) is 9.80 Å². The number of benzene rings is 2. The zero-order chi connectivity index (χ0) is 23.9. The highest BCUT2D eigenvalue weighted by molar-refractivity contribution is 6.07. The monoisotopic (exact) mass is 462 g/mol. The predicted molar refractivity (Wildman–Crippen MR) is 125 cm³/mol. The molecular weight excluding hydrogens is 432 g/mol. The SMILES string of the molecule is O=C(CN1C(=O)C2CCCCC2C1=O)OCC(=O)N(CCc1ccccc1)Cc1ccccc1. The molecule has 0 bridgehead atoms. The number of esters is 1. The van der Waals surface area contributed by atoms with E-state index in [9.17, 15) is 19.2 Å². The summed E-state index contributed by atoms with van der Waals surface area (Å²) in [6.07, 6.45) is 3.90. The Kier molecular flexibility index (Phi) is 7.72. The van der Waals surface area contributed by atoms with Crippen LogP contribution in [0.25, 0.3) is 0 Å². The second-order valence-corrected chi connectivity index (χ2v) is 8.96. The van der Waals surface area contributed by atoms with Crippen molar-refractivity contribution in [3.63, 3.8) is 0 Å². The summed E-state index contributed by atoms with van der Waals surface area (Å²) in [6, 6.07) is 19.5. The van der Waals surface area contributed by atoms with Gasteiger partial charge in [-0.2, -0.15) is 0 Å². The van der Waals surface area contributed by atoms with Gasteiger partial charge in [0.05, 0.1) is 11.8 Å². The van der Waals surface area contributed by atoms with Crippen LogP contribution in [0.3, 0.4) is 0 Å². The van der Waals surface area contributed by atoms with E-state index in [4.69, 9.17) is 4.74 Å². The summed E-state index contributed by atoms with van der Waals surface area (Å²) in [5, 5.41) is 0. The van der Waals surface area contributed by atoms with Gasteiger partial charge in [-0.3, -0.25) is 24.1 Å². The topological polar surface area (TPSA) is 84.0 Å². The minimum Gasteiger partial charge on any atom is -0.454 e. The number of imide groups is 1. The van der Waals surface area contributed by atoms with Gasteiger partial charge >= 0.3 is 5.97 Å². The van der Waals surface area contributed by atoms with Crippen molar-refractivity contribution in [3.05, 3.63) is 71.8 Å². The van der Waals surface area contributed by atoms with Crippen molar-refractivity contribution in [1.29, 1.82) is 0 Å². The van der Waals surface area contributed by atoms with Crippen LogP contribution in [0.2, 0.25) is 0 Å². The van der Waals surface area contributed by atoms with Crippen molar-refractivity contribution in [2.24, 2.45) is 11.8 Å². The molecule has 2 atom stereocenters. The van der Waals surface area contributed by atoms with E-state index in [1.807, 2.05) is 60.7 Å². The molecule has 2 aromatic rings. The van der Waals surface area contributed by atoms with E-state index >= 15 is 0 Å². The Morgan fingerprint density at radius 1 is 0.853 bits per heavy atom. The van der Waals surface area contributed by atoms with E-state index in [1.54, 1.807) is 4.90 Å². The van der Waals surface area contributed by atoms with Gasteiger partial charge in [-0.25, -0.2) is 0 Å². The lowest BCUT2D eigenvalue weighted by molar-refractivity contribution is -0.156. The van der Waals surface area contributed by atoms with Gasteiger partial charge in [0.2, 0.25) is 11.8 Å². The minimum absolute atomic E-state index is 0.286. The highest BCUT2D eigenvalue weighted by Gasteiger charge is 2.48. The third-order valence-corrected chi connectivity index (χ3v) is 6.66. The molecule has 178 valence electrons. The molecule has 2 fully saturated rings. The van der Waals surface area contributed by atoms with Crippen LogP contribution in [0.15, 0.2) is 60.7 Å². The average Bonchev–Trinajstić information content (AvgIpc) is 3.11. The second kappa shape index (κ2) is 11.1. The van der Waals surface area contributed by atoms with Crippen LogP contribution in [0.4, 0.5) is 0 Å². The summed E-state index contributed by atoms with van der Waals surface area (Å²) < 4.78 is 5.21. The Morgan fingerprint density at radius 2 is 1.41 bits per heavy atom. The molecule has 7 nitrogen and oxygen atoms in total. The molecule has 4 rings (SSSR count). The predicted octanol–water partition coefficient (Wildman–Crippen LogP) is 2.98. The van der Waals surface area contributed by atoms with Crippen molar-refractivity contribution in [2.45, 2.75) is 38.6 Å². The van der Waals surface area contributed by atoms with Gasteiger partial charge in [0, 0.05) is 13.1 Å². The maximum atomic E-state index is 12.9. The molecule has 34 heavy (non-hydrogen) atoms. The first-order valence-corrected chi connectivity index (χ1v) is 11.9. The van der Waals surface area contributed by atoms with Crippen molar-refractivity contribution >= 4 is 23.7 Å². The highest BCUT2D eigenvalue weighted by Crippen LogP contribution is 2.37. The molecule has 2 unspecified atom stereocenters. The number of carbonyl (C=O) groups excluding carboxylic acids is 4. The lowest BCUT2D eigenvalue weighted by atomic mass is 9.81. The third-order valence-electron chi connectivity index (χ3n) is 6.66. The molecule has 1 heterocycles. The van der Waals surface area contributed by atoms with E-state index in [2.05, 4.69) is 0 Å². The van der Waals surface area contributed by atoms with Gasteiger partial charge in [0.1, 0.15) is 6.54 Å². The summed E-state index contributed by atoms with van der Waals surface area (Å²) in [5.74, 6) is -2.25. The number of nitrogens with zero attached hydrogens (tertiary/aromatic N) is 2. The molecule has 2 aromatic carbocycles. The molecule has 2 aliphatic rings. The van der Waals surface area contributed by atoms with Gasteiger partial charge in [0.25, 0.3) is 5.91 Å². The summed E-state index contributed by atoms with van der Waals surface area (Å²) in [7, 11) is 0. The maximum absolute atomic E-state index is 12.9. The van der Waals surface area contributed by atoms with Crippen LogP contribution in [0.1, 0.15) is 36.8 Å². The minimum atomic E-state index is -0.739. The van der Waals surface area contributed by atoms with Gasteiger partial charge in [-0.1, -0.05) is 73.5 Å². The number of hydrogen-bond acceptors (Lipinski definition) is 5. The van der Waals surface area contributed by atoms with Crippen molar-refractivity contribution in [2.75, 3.05) is 19.7 Å². The van der Waals surface area contributed by atoms with Crippen molar-refractivity contribution in [3.8, 4) is 0 Å². The second-order valence-electron chi connectivity index (χ2n) is 8.96. The van der Waals surface area contributed by atoms with E-state index < -0.39 is 19.1 Å². The van der Waals surface area contributed by atoms with Gasteiger partial charge in [0.15, 0.2) is 6.61 Å². The van der Waals surface area contributed by atoms with E-state index in [0.717, 1.165) is 28.9 Å². The molecule has 1 saturated heterocycles. The fourth-order valence-corrected chi connectivity index (χ4v) is 4.80. The third kappa shape index (κ3) is 5.71. The number of amides is 3. The number of hydrogen-bond donors (Lipinski definition) is 0. The zero-order valence-electron chi connectivity index (χ0n) is 19.2. The first-order valence-electron chi connectivity index (χ1n) is 11.9. The molecule has 1 aliphatic carbocycles. The summed E-state index contributed by atoms with van der Waals surface area (Å²) in [5.41, 5.74) is 2.09. The Bertz CT molecular complexity index is 1000. The fourth-order valence-electron chi connectivity index (χ4n) is 4.80. The largest absolute Gasteiger partial charge is 0.454 e. The quantitative estimate of drug-likeness (QED) is 0.423. The summed E-state index contributed by atoms with van der Waals surface area (Å²) in [4.78, 5) is 53.2. The van der Waals surface area contributed by atoms with Crippen molar-refractivity contribution < 1.29 is 23.9 Å². The van der Waals surface area contributed by atoms with Crippen LogP contribution >= 0.6 is 0 Å². The molecule has 0 radical (unpaired) electrons. The van der Waals surface area contributed by atoms with Crippen LogP contribution in [-0.2, 0) is 36.9 Å². The Labute approximate surface area is 199 Å². The standard InChI is InChI=1S/C27H30N2O5/c30-24(19-34-25(31)18-29-26(32)22-13-7-8-14-23(22)27(29)33)28(17-21-11-5-2-6-12-21)16-15-20-9-3-1-4-10-20/h1-6,9-12,22-23H,7-8,13-19H2. The fraction of sp³-hybridized carbons (Fsp3) is 0.407. The molecule has 3 amide bonds. The number of carbonyl (C=O) groups is 4. The van der Waals surface area contributed by atoms with Crippen LogP contribution in [-0.4, -0.2) is 53.2 Å². The Hall–Kier alpha value is -3.48. The maximum Gasteiger partial charge on any atom is 0.326 e. The Balaban J connectivity index is 1.33. The molecule has 0 aromatic heterocycles. The molecule has 0 spiro atoms. The van der Waals surface area contributed by atoms with Crippen LogP contribution in [0.5, 0.6) is 0 Å². The van der Waals surface area contributed by atoms with Gasteiger partial charge in [-0.05, 0) is 30.4 Å². The summed E-state index contributed by atoms with van der Waals surface area (Å²) in [6.45, 7) is 0.0163. The number of likely N-dealkylation sites (tertiary alicyclic amines) is 1. The first-order chi connectivity index (χ1) is 16.5. The van der Waals surface area contributed by atoms with E-state index in [1.165, 1.54) is 0 Å². The number of rotatable bonds is 9. The highest BCUT2D eigenvalue weighted by atomic mass is 16.5. The lowest BCUT2D eigenvalue weighted by Crippen LogP contribution is -2.39. The molecule has 1 aliphatic heterocycles. The first kappa shape index (κ1) is 23.7. The summed E-state index contributed by atoms with van der Waals surface area (Å²) >= 11 is 0. The van der Waals surface area contributed by atoms with E-state index in [-0.39, 0.29) is 29.6 Å². The lowest BCUT2D eigenvalue weighted by Gasteiger charge is -2.23. The molecule has 1 saturated carbocycles. The normalized spacial score (nSPS) is 19.6. The molecular formula is C27H30N2O5. The smallest absolute Gasteiger partial charge is 0.326 e. The number of fused-ring (bicyclic) bond motifs is 1.